The van der Waals surface area contributed by atoms with Crippen LogP contribution in [-0.4, -0.2) is 60.7 Å². The highest BCUT2D eigenvalue weighted by atomic mass is 33.1. The summed E-state index contributed by atoms with van der Waals surface area (Å²) >= 11 is 4.21. The Hall–Kier alpha value is 0.240. The van der Waals surface area contributed by atoms with E-state index in [9.17, 15) is 4.79 Å². The molecule has 8 heteroatoms. The molecule has 3 N–H and O–H groups in total. The van der Waals surface area contributed by atoms with E-state index in [4.69, 9.17) is 4.74 Å². The molecule has 0 aromatic rings. The lowest BCUT2D eigenvalue weighted by atomic mass is 10.0. The number of ether oxygens (including phenoxy) is 1. The van der Waals surface area contributed by atoms with E-state index >= 15 is 0 Å². The molecule has 1 amide bonds. The Morgan fingerprint density at radius 3 is 2.39 bits per heavy atom. The van der Waals surface area contributed by atoms with E-state index in [2.05, 4.69) is 42.4 Å². The zero-order valence-electron chi connectivity index (χ0n) is 15.2. The molecule has 23 heavy (non-hydrogen) atoms. The summed E-state index contributed by atoms with van der Waals surface area (Å²) in [6.07, 6.45) is -0.371. The standard InChI is InChI=1S/C15H33N3O2S3/c1-14(2,3)20-13(19)18-12(11-17-7-9-21)15(4,5)23-22-10-8-16-6/h12,16-17,21H,7-11H2,1-6H3,(H,18,19). The lowest BCUT2D eigenvalue weighted by Crippen LogP contribution is -2.53. The van der Waals surface area contributed by atoms with E-state index in [-0.39, 0.29) is 16.9 Å². The second kappa shape index (κ2) is 11.7. The van der Waals surface area contributed by atoms with Crippen LogP contribution in [0.25, 0.3) is 0 Å². The molecule has 1 unspecified atom stereocenters. The molecule has 0 aromatic heterocycles. The van der Waals surface area contributed by atoms with Crippen molar-refractivity contribution in [3.8, 4) is 0 Å². The fourth-order valence-electron chi connectivity index (χ4n) is 1.64. The summed E-state index contributed by atoms with van der Waals surface area (Å²) in [7, 11) is 5.55. The van der Waals surface area contributed by atoms with Crippen LogP contribution in [0.15, 0.2) is 0 Å². The molecule has 0 aromatic carbocycles. The third kappa shape index (κ3) is 12.3. The molecular weight excluding hydrogens is 350 g/mol. The highest BCUT2D eigenvalue weighted by Gasteiger charge is 2.32. The SMILES string of the molecule is CNCCSSC(C)(C)C(CNCCS)NC(=O)OC(C)(C)C. The van der Waals surface area contributed by atoms with E-state index in [1.54, 1.807) is 10.8 Å². The molecule has 0 fully saturated rings. The van der Waals surface area contributed by atoms with Gasteiger partial charge < -0.3 is 20.7 Å². The van der Waals surface area contributed by atoms with Crippen LogP contribution in [-0.2, 0) is 4.74 Å². The number of hydrogen-bond acceptors (Lipinski definition) is 7. The molecule has 0 saturated heterocycles. The highest BCUT2D eigenvalue weighted by Crippen LogP contribution is 2.37. The molecule has 0 aliphatic rings. The molecule has 0 heterocycles. The van der Waals surface area contributed by atoms with Gasteiger partial charge in [0, 0.05) is 35.9 Å². The van der Waals surface area contributed by atoms with Gasteiger partial charge in [0.05, 0.1) is 6.04 Å². The number of amides is 1. The zero-order valence-corrected chi connectivity index (χ0v) is 17.7. The van der Waals surface area contributed by atoms with Crippen LogP contribution in [0.2, 0.25) is 0 Å². The summed E-state index contributed by atoms with van der Waals surface area (Å²) in [5.41, 5.74) is -0.494. The van der Waals surface area contributed by atoms with E-state index in [1.807, 2.05) is 38.6 Å². The van der Waals surface area contributed by atoms with Gasteiger partial charge in [-0.2, -0.15) is 12.6 Å². The van der Waals surface area contributed by atoms with Gasteiger partial charge in [-0.05, 0) is 41.7 Å². The smallest absolute Gasteiger partial charge is 0.407 e. The number of rotatable bonds is 11. The quantitative estimate of drug-likeness (QED) is 0.250. The number of hydrogen-bond donors (Lipinski definition) is 4. The maximum absolute atomic E-state index is 12.1. The van der Waals surface area contributed by atoms with Crippen LogP contribution in [0, 0.1) is 0 Å². The van der Waals surface area contributed by atoms with Crippen molar-refractivity contribution in [2.24, 2.45) is 0 Å². The van der Waals surface area contributed by atoms with Gasteiger partial charge >= 0.3 is 6.09 Å². The fraction of sp³-hybridized carbons (Fsp3) is 0.933. The zero-order chi connectivity index (χ0) is 17.9. The summed E-state index contributed by atoms with van der Waals surface area (Å²) in [4.78, 5) is 12.1. The van der Waals surface area contributed by atoms with Gasteiger partial charge in [0.15, 0.2) is 0 Å². The highest BCUT2D eigenvalue weighted by molar-refractivity contribution is 8.77. The Kier molecular flexibility index (Phi) is 11.9. The number of thiol groups is 1. The molecule has 0 spiro atoms. The molecule has 5 nitrogen and oxygen atoms in total. The maximum Gasteiger partial charge on any atom is 0.407 e. The molecule has 0 aliphatic heterocycles. The van der Waals surface area contributed by atoms with Gasteiger partial charge in [-0.15, -0.1) is 0 Å². The molecule has 0 aliphatic carbocycles. The van der Waals surface area contributed by atoms with Gasteiger partial charge in [-0.3, -0.25) is 0 Å². The number of carbonyl (C=O) groups excluding carboxylic acids is 1. The first-order chi connectivity index (χ1) is 10.6. The Morgan fingerprint density at radius 1 is 1.22 bits per heavy atom. The summed E-state index contributed by atoms with van der Waals surface area (Å²) in [6.45, 7) is 12.4. The average molecular weight is 384 g/mol. The van der Waals surface area contributed by atoms with E-state index in [0.717, 1.165) is 24.6 Å². The van der Waals surface area contributed by atoms with Crippen LogP contribution in [0.5, 0.6) is 0 Å². The largest absolute Gasteiger partial charge is 0.444 e. The topological polar surface area (TPSA) is 62.4 Å². The van der Waals surface area contributed by atoms with E-state index in [1.165, 1.54) is 0 Å². The van der Waals surface area contributed by atoms with Crippen molar-refractivity contribution in [1.29, 1.82) is 0 Å². The lowest BCUT2D eigenvalue weighted by molar-refractivity contribution is 0.0495. The summed E-state index contributed by atoms with van der Waals surface area (Å²) in [5, 5.41) is 9.48. The van der Waals surface area contributed by atoms with Crippen molar-refractivity contribution < 1.29 is 9.53 Å². The first-order valence-electron chi connectivity index (χ1n) is 7.88. The molecule has 0 radical (unpaired) electrons. The van der Waals surface area contributed by atoms with Gasteiger partial charge in [0.1, 0.15) is 5.60 Å². The molecular formula is C15H33N3O2S3. The second-order valence-corrected chi connectivity index (χ2v) is 10.3. The Labute approximate surface area is 155 Å². The third-order valence-electron chi connectivity index (χ3n) is 2.88. The van der Waals surface area contributed by atoms with Crippen molar-refractivity contribution in [3.63, 3.8) is 0 Å². The Morgan fingerprint density at radius 2 is 1.87 bits per heavy atom. The van der Waals surface area contributed by atoms with Crippen molar-refractivity contribution in [2.45, 2.75) is 51.0 Å². The average Bonchev–Trinajstić information content (AvgIpc) is 2.40. The molecule has 138 valence electrons. The van der Waals surface area contributed by atoms with Crippen LogP contribution in [0.4, 0.5) is 4.79 Å². The lowest BCUT2D eigenvalue weighted by Gasteiger charge is -2.34. The summed E-state index contributed by atoms with van der Waals surface area (Å²) < 4.78 is 5.27. The van der Waals surface area contributed by atoms with Crippen LogP contribution in [0.1, 0.15) is 34.6 Å². The third-order valence-corrected chi connectivity index (χ3v) is 6.44. The van der Waals surface area contributed by atoms with Gasteiger partial charge in [-0.1, -0.05) is 21.6 Å². The van der Waals surface area contributed by atoms with Crippen molar-refractivity contribution in [3.05, 3.63) is 0 Å². The van der Waals surface area contributed by atoms with Crippen LogP contribution < -0.4 is 16.0 Å². The maximum atomic E-state index is 12.1. The van der Waals surface area contributed by atoms with Crippen molar-refractivity contribution in [1.82, 2.24) is 16.0 Å². The van der Waals surface area contributed by atoms with E-state index < -0.39 is 5.60 Å². The minimum Gasteiger partial charge on any atom is -0.444 e. The number of alkyl carbamates (subject to hydrolysis) is 1. The molecule has 0 bridgehead atoms. The van der Waals surface area contributed by atoms with E-state index in [0.29, 0.717) is 6.54 Å². The second-order valence-electron chi connectivity index (χ2n) is 6.74. The molecule has 0 saturated carbocycles. The minimum absolute atomic E-state index is 0.0377. The fourth-order valence-corrected chi connectivity index (χ4v) is 4.49. The predicted octanol–water partition coefficient (Wildman–Crippen LogP) is 2.78. The first-order valence-corrected chi connectivity index (χ1v) is 10.8. The monoisotopic (exact) mass is 383 g/mol. The normalized spacial score (nSPS) is 13.7. The summed E-state index contributed by atoms with van der Waals surface area (Å²) in [5.74, 6) is 1.79. The molecule has 1 atom stereocenters. The van der Waals surface area contributed by atoms with Gasteiger partial charge in [0.2, 0.25) is 0 Å². The number of carbonyl (C=O) groups is 1. The Balaban J connectivity index is 4.65. The Bertz CT molecular complexity index is 336. The predicted molar refractivity (Wildman–Crippen MR) is 108 cm³/mol. The number of nitrogens with one attached hydrogen (secondary N) is 3. The van der Waals surface area contributed by atoms with Crippen molar-refractivity contribution >= 4 is 40.3 Å². The first kappa shape index (κ1) is 23.2. The summed E-state index contributed by atoms with van der Waals surface area (Å²) in [6, 6.07) is -0.0377. The minimum atomic E-state index is -0.494. The van der Waals surface area contributed by atoms with Gasteiger partial charge in [0.25, 0.3) is 0 Å². The van der Waals surface area contributed by atoms with Crippen molar-refractivity contribution in [2.75, 3.05) is 38.2 Å². The van der Waals surface area contributed by atoms with Crippen LogP contribution >= 0.6 is 34.2 Å². The molecule has 0 rings (SSSR count). The van der Waals surface area contributed by atoms with Crippen LogP contribution in [0.3, 0.4) is 0 Å². The van der Waals surface area contributed by atoms with Gasteiger partial charge in [-0.25, -0.2) is 4.79 Å².